The number of benzene rings is 2. The topological polar surface area (TPSA) is 39.9 Å². The number of nitrogens with zero attached hydrogens (tertiary/aromatic N) is 3. The minimum Gasteiger partial charge on any atom is -0.491 e. The van der Waals surface area contributed by atoms with Crippen LogP contribution >= 0.6 is 11.3 Å². The summed E-state index contributed by atoms with van der Waals surface area (Å²) in [6.07, 6.45) is 1.89. The molecule has 1 aliphatic heterocycles. The fourth-order valence-electron chi connectivity index (χ4n) is 3.74. The lowest BCUT2D eigenvalue weighted by molar-refractivity contribution is 0.360. The molecule has 7 heteroatoms. The van der Waals surface area contributed by atoms with Gasteiger partial charge in [0, 0.05) is 23.4 Å². The molecule has 1 aliphatic rings. The van der Waals surface area contributed by atoms with Crippen LogP contribution in [-0.4, -0.2) is 21.9 Å². The molecule has 5 rings (SSSR count). The molecule has 0 N–H and O–H groups in total. The third-order valence-corrected chi connectivity index (χ3v) is 5.76. The summed E-state index contributed by atoms with van der Waals surface area (Å²) < 4.78 is 36.7. The Balaban J connectivity index is 1.77. The van der Waals surface area contributed by atoms with Crippen molar-refractivity contribution in [1.82, 2.24) is 14.8 Å². The molecule has 0 saturated heterocycles. The Morgan fingerprint density at radius 3 is 2.93 bits per heavy atom. The zero-order valence-corrected chi connectivity index (χ0v) is 15.3. The maximum Gasteiger partial charge on any atom is 0.191 e. The first-order valence-electron chi connectivity index (χ1n) is 8.63. The van der Waals surface area contributed by atoms with Crippen LogP contribution in [0.3, 0.4) is 0 Å². The van der Waals surface area contributed by atoms with Gasteiger partial charge in [-0.15, -0.1) is 11.3 Å². The van der Waals surface area contributed by atoms with Crippen LogP contribution in [0.2, 0.25) is 0 Å². The maximum absolute atomic E-state index is 15.0. The number of halogens is 2. The number of hydrogen-bond acceptors (Lipinski definition) is 4. The molecule has 0 saturated carbocycles. The van der Waals surface area contributed by atoms with Crippen LogP contribution in [0, 0.1) is 11.6 Å². The molecular weight excluding hydrogens is 368 g/mol. The number of ether oxygens (including phenoxy) is 1. The first-order valence-corrected chi connectivity index (χ1v) is 9.51. The highest BCUT2D eigenvalue weighted by atomic mass is 32.1. The minimum absolute atomic E-state index is 0.245. The highest BCUT2D eigenvalue weighted by Crippen LogP contribution is 2.41. The predicted octanol–water partition coefficient (Wildman–Crippen LogP) is 5.06. The van der Waals surface area contributed by atoms with Gasteiger partial charge < -0.3 is 4.74 Å². The highest BCUT2D eigenvalue weighted by molar-refractivity contribution is 7.16. The second kappa shape index (κ2) is 6.13. The second-order valence-corrected chi connectivity index (χ2v) is 7.36. The molecule has 2 aromatic carbocycles. The van der Waals surface area contributed by atoms with Crippen LogP contribution in [0.15, 0.2) is 35.8 Å². The average Bonchev–Trinajstić information content (AvgIpc) is 3.36. The van der Waals surface area contributed by atoms with Gasteiger partial charge in [-0.25, -0.2) is 13.8 Å². The van der Waals surface area contributed by atoms with Gasteiger partial charge in [0.1, 0.15) is 5.69 Å². The monoisotopic (exact) mass is 383 g/mol. The normalized spacial score (nSPS) is 13.3. The van der Waals surface area contributed by atoms with Crippen molar-refractivity contribution < 1.29 is 13.5 Å². The Morgan fingerprint density at radius 1 is 1.19 bits per heavy atom. The summed E-state index contributed by atoms with van der Waals surface area (Å²) in [7, 11) is 1.26. The van der Waals surface area contributed by atoms with E-state index in [1.165, 1.54) is 19.2 Å². The molecule has 0 atom stereocenters. The van der Waals surface area contributed by atoms with E-state index in [2.05, 4.69) is 16.1 Å². The second-order valence-electron chi connectivity index (χ2n) is 6.47. The van der Waals surface area contributed by atoms with E-state index in [0.29, 0.717) is 5.69 Å². The van der Waals surface area contributed by atoms with Gasteiger partial charge in [0.05, 0.1) is 22.8 Å². The standard InChI is InChI=1S/C20H15F2N3OS/c1-26-20-13(21)6-5-12(18(20)22)19-17(15-3-2-8-25(15)24-19)11-4-7-14-16(9-11)27-10-23-14/h4-7,9-10H,2-3,8H2,1H3. The van der Waals surface area contributed by atoms with E-state index < -0.39 is 11.6 Å². The first-order chi connectivity index (χ1) is 13.2. The highest BCUT2D eigenvalue weighted by Gasteiger charge is 2.27. The van der Waals surface area contributed by atoms with Crippen LogP contribution < -0.4 is 4.74 Å². The van der Waals surface area contributed by atoms with Gasteiger partial charge in [0.25, 0.3) is 0 Å². The molecule has 4 nitrogen and oxygen atoms in total. The molecule has 0 bridgehead atoms. The molecule has 0 amide bonds. The number of methoxy groups -OCH3 is 1. The van der Waals surface area contributed by atoms with E-state index in [-0.39, 0.29) is 11.3 Å². The Hall–Kier alpha value is -2.80. The van der Waals surface area contributed by atoms with Crippen molar-refractivity contribution in [3.8, 4) is 28.1 Å². The molecule has 0 unspecified atom stereocenters. The Kier molecular flexibility index (Phi) is 3.72. The summed E-state index contributed by atoms with van der Waals surface area (Å²) in [5.41, 5.74) is 6.45. The molecule has 3 heterocycles. The fraction of sp³-hybridized carbons (Fsp3) is 0.200. The SMILES string of the molecule is COc1c(F)ccc(-c2nn3c(c2-c2ccc4ncsc4c2)CCC3)c1F. The summed E-state index contributed by atoms with van der Waals surface area (Å²) >= 11 is 1.56. The summed E-state index contributed by atoms with van der Waals surface area (Å²) in [5, 5.41) is 4.66. The lowest BCUT2D eigenvalue weighted by Crippen LogP contribution is -1.98. The van der Waals surface area contributed by atoms with E-state index in [4.69, 9.17) is 4.74 Å². The summed E-state index contributed by atoms with van der Waals surface area (Å²) in [6, 6.07) is 8.66. The third kappa shape index (κ3) is 2.45. The zero-order valence-electron chi connectivity index (χ0n) is 14.5. The van der Waals surface area contributed by atoms with Crippen LogP contribution in [-0.2, 0) is 13.0 Å². The Bertz CT molecular complexity index is 1180. The fourth-order valence-corrected chi connectivity index (χ4v) is 4.45. The van der Waals surface area contributed by atoms with Crippen LogP contribution in [0.5, 0.6) is 5.75 Å². The predicted molar refractivity (Wildman–Crippen MR) is 101 cm³/mol. The number of aromatic nitrogens is 3. The van der Waals surface area contributed by atoms with Gasteiger partial charge in [-0.2, -0.15) is 5.10 Å². The molecular formula is C20H15F2N3OS. The first kappa shape index (κ1) is 16.4. The van der Waals surface area contributed by atoms with Gasteiger partial charge in [0.2, 0.25) is 0 Å². The number of aryl methyl sites for hydroxylation is 1. The van der Waals surface area contributed by atoms with Crippen LogP contribution in [0.4, 0.5) is 8.78 Å². The molecule has 0 spiro atoms. The summed E-state index contributed by atoms with van der Waals surface area (Å²) in [6.45, 7) is 0.797. The van der Waals surface area contributed by atoms with Crippen molar-refractivity contribution in [2.45, 2.75) is 19.4 Å². The quantitative estimate of drug-likeness (QED) is 0.496. The third-order valence-electron chi connectivity index (χ3n) is 4.97. The van der Waals surface area contributed by atoms with Crippen molar-refractivity contribution in [2.75, 3.05) is 7.11 Å². The van der Waals surface area contributed by atoms with Crippen LogP contribution in [0.25, 0.3) is 32.6 Å². The van der Waals surface area contributed by atoms with Crippen molar-refractivity contribution in [3.05, 3.63) is 53.2 Å². The number of thiazole rings is 1. The Labute approximate surface area is 158 Å². The number of rotatable bonds is 3. The van der Waals surface area contributed by atoms with Gasteiger partial charge in [-0.3, -0.25) is 4.68 Å². The van der Waals surface area contributed by atoms with Gasteiger partial charge in [-0.05, 0) is 42.7 Å². The number of hydrogen-bond donors (Lipinski definition) is 0. The molecule has 0 fully saturated rings. The summed E-state index contributed by atoms with van der Waals surface area (Å²) in [5.74, 6) is -1.84. The smallest absolute Gasteiger partial charge is 0.191 e. The summed E-state index contributed by atoms with van der Waals surface area (Å²) in [4.78, 5) is 4.32. The van der Waals surface area contributed by atoms with Crippen LogP contribution in [0.1, 0.15) is 12.1 Å². The molecule has 136 valence electrons. The van der Waals surface area contributed by atoms with Gasteiger partial charge in [0.15, 0.2) is 17.4 Å². The van der Waals surface area contributed by atoms with E-state index in [1.807, 2.05) is 22.3 Å². The average molecular weight is 383 g/mol. The van der Waals surface area contributed by atoms with Gasteiger partial charge in [-0.1, -0.05) is 6.07 Å². The van der Waals surface area contributed by atoms with E-state index >= 15 is 0 Å². The van der Waals surface area contributed by atoms with Crippen molar-refractivity contribution >= 4 is 21.6 Å². The lowest BCUT2D eigenvalue weighted by atomic mass is 9.97. The molecule has 0 radical (unpaired) electrons. The van der Waals surface area contributed by atoms with E-state index in [1.54, 1.807) is 11.3 Å². The van der Waals surface area contributed by atoms with E-state index in [9.17, 15) is 8.78 Å². The van der Waals surface area contributed by atoms with Crippen molar-refractivity contribution in [3.63, 3.8) is 0 Å². The maximum atomic E-state index is 15.0. The molecule has 0 aliphatic carbocycles. The van der Waals surface area contributed by atoms with Crippen molar-refractivity contribution in [1.29, 1.82) is 0 Å². The lowest BCUT2D eigenvalue weighted by Gasteiger charge is -2.10. The molecule has 4 aromatic rings. The largest absolute Gasteiger partial charge is 0.491 e. The molecule has 27 heavy (non-hydrogen) atoms. The zero-order chi connectivity index (χ0) is 18.5. The van der Waals surface area contributed by atoms with E-state index in [0.717, 1.165) is 46.4 Å². The van der Waals surface area contributed by atoms with Crippen molar-refractivity contribution in [2.24, 2.45) is 0 Å². The van der Waals surface area contributed by atoms with Gasteiger partial charge >= 0.3 is 0 Å². The number of fused-ring (bicyclic) bond motifs is 2. The Morgan fingerprint density at radius 2 is 2.07 bits per heavy atom. The molecule has 2 aromatic heterocycles. The minimum atomic E-state index is -0.727.